The van der Waals surface area contributed by atoms with Crippen molar-refractivity contribution in [2.24, 2.45) is 5.73 Å². The average molecular weight is 507 g/mol. The van der Waals surface area contributed by atoms with Crippen molar-refractivity contribution >= 4 is 39.8 Å². The molecule has 0 fully saturated rings. The SMILES string of the molecule is CCOc1cc(CN(c2ccc(C(=N)N)cc2)c2ccc3cc(Cl)ccc3n2)c(F)c(OC(C)C)c1. The van der Waals surface area contributed by atoms with E-state index in [2.05, 4.69) is 0 Å². The van der Waals surface area contributed by atoms with Crippen LogP contribution in [-0.2, 0) is 6.54 Å². The fourth-order valence-corrected chi connectivity index (χ4v) is 4.04. The summed E-state index contributed by atoms with van der Waals surface area (Å²) in [6, 6.07) is 19.7. The number of nitrogens with two attached hydrogens (primary N) is 1. The molecule has 0 aliphatic carbocycles. The van der Waals surface area contributed by atoms with E-state index in [1.54, 1.807) is 30.3 Å². The second-order valence-electron chi connectivity index (χ2n) is 8.55. The number of pyridine rings is 1. The van der Waals surface area contributed by atoms with Crippen LogP contribution < -0.4 is 20.1 Å². The Bertz CT molecular complexity index is 1390. The van der Waals surface area contributed by atoms with Gasteiger partial charge in [0, 0.05) is 33.3 Å². The Morgan fingerprint density at radius 2 is 1.83 bits per heavy atom. The van der Waals surface area contributed by atoms with E-state index in [1.807, 2.05) is 62.1 Å². The highest BCUT2D eigenvalue weighted by molar-refractivity contribution is 6.31. The minimum atomic E-state index is -0.454. The van der Waals surface area contributed by atoms with Gasteiger partial charge < -0.3 is 20.1 Å². The maximum absolute atomic E-state index is 15.6. The van der Waals surface area contributed by atoms with Crippen molar-refractivity contribution in [3.63, 3.8) is 0 Å². The zero-order valence-corrected chi connectivity index (χ0v) is 21.1. The second-order valence-corrected chi connectivity index (χ2v) is 8.98. The van der Waals surface area contributed by atoms with Crippen molar-refractivity contribution < 1.29 is 13.9 Å². The largest absolute Gasteiger partial charge is 0.494 e. The van der Waals surface area contributed by atoms with E-state index in [1.165, 1.54) is 0 Å². The molecule has 0 atom stereocenters. The summed E-state index contributed by atoms with van der Waals surface area (Å²) in [5.41, 5.74) is 8.14. The van der Waals surface area contributed by atoms with Crippen LogP contribution in [-0.4, -0.2) is 23.5 Å². The Morgan fingerprint density at radius 3 is 2.50 bits per heavy atom. The van der Waals surface area contributed by atoms with Crippen molar-refractivity contribution in [2.75, 3.05) is 11.5 Å². The number of hydrogen-bond donors (Lipinski definition) is 2. The highest BCUT2D eigenvalue weighted by atomic mass is 35.5. The smallest absolute Gasteiger partial charge is 0.170 e. The lowest BCUT2D eigenvalue weighted by Crippen LogP contribution is -2.20. The molecule has 0 amide bonds. The molecule has 36 heavy (non-hydrogen) atoms. The number of benzene rings is 3. The molecule has 1 aromatic heterocycles. The molecule has 0 radical (unpaired) electrons. The fourth-order valence-electron chi connectivity index (χ4n) is 3.86. The van der Waals surface area contributed by atoms with Gasteiger partial charge in [-0.1, -0.05) is 11.6 Å². The molecule has 6 nitrogen and oxygen atoms in total. The Kier molecular flexibility index (Phi) is 7.60. The van der Waals surface area contributed by atoms with Crippen LogP contribution in [0, 0.1) is 11.2 Å². The van der Waals surface area contributed by atoms with E-state index < -0.39 is 5.82 Å². The van der Waals surface area contributed by atoms with Crippen LogP contribution in [0.2, 0.25) is 5.02 Å². The zero-order chi connectivity index (χ0) is 25.8. The molecule has 3 N–H and O–H groups in total. The van der Waals surface area contributed by atoms with E-state index in [0.717, 1.165) is 16.6 Å². The molecule has 1 heterocycles. The predicted octanol–water partition coefficient (Wildman–Crippen LogP) is 6.84. The second kappa shape index (κ2) is 10.8. The molecule has 0 saturated heterocycles. The number of anilines is 2. The van der Waals surface area contributed by atoms with E-state index in [9.17, 15) is 0 Å². The maximum atomic E-state index is 15.6. The van der Waals surface area contributed by atoms with Crippen molar-refractivity contribution in [3.05, 3.63) is 88.7 Å². The molecule has 0 unspecified atom stereocenters. The van der Waals surface area contributed by atoms with Crippen LogP contribution in [0.5, 0.6) is 11.5 Å². The van der Waals surface area contributed by atoms with Gasteiger partial charge in [0.25, 0.3) is 0 Å². The van der Waals surface area contributed by atoms with Gasteiger partial charge in [-0.25, -0.2) is 9.37 Å². The molecular weight excluding hydrogens is 479 g/mol. The number of rotatable bonds is 9. The van der Waals surface area contributed by atoms with Gasteiger partial charge in [0.2, 0.25) is 0 Å². The third kappa shape index (κ3) is 5.69. The van der Waals surface area contributed by atoms with Crippen molar-refractivity contribution in [2.45, 2.75) is 33.4 Å². The van der Waals surface area contributed by atoms with Gasteiger partial charge in [-0.05, 0) is 81.4 Å². The maximum Gasteiger partial charge on any atom is 0.170 e. The molecule has 8 heteroatoms. The number of hydrogen-bond acceptors (Lipinski definition) is 5. The minimum Gasteiger partial charge on any atom is -0.494 e. The molecule has 4 rings (SSSR count). The standard InChI is InChI=1S/C28H28ClFN4O2/c1-4-35-23-14-20(27(30)25(15-23)36-17(2)3)16-34(22-9-5-18(6-10-22)28(31)32)26-12-7-19-13-21(29)8-11-24(19)33-26/h5-15,17H,4,16H2,1-3H3,(H3,31,32). The monoisotopic (exact) mass is 506 g/mol. The van der Waals surface area contributed by atoms with Crippen LogP contribution in [0.25, 0.3) is 10.9 Å². The number of nitrogens with zero attached hydrogens (tertiary/aromatic N) is 2. The van der Waals surface area contributed by atoms with Gasteiger partial charge in [-0.3, -0.25) is 5.41 Å². The zero-order valence-electron chi connectivity index (χ0n) is 20.4. The van der Waals surface area contributed by atoms with Crippen LogP contribution >= 0.6 is 11.6 Å². The molecule has 4 aromatic rings. The Balaban J connectivity index is 1.82. The Labute approximate surface area is 214 Å². The topological polar surface area (TPSA) is 84.5 Å². The number of ether oxygens (including phenoxy) is 2. The van der Waals surface area contributed by atoms with Crippen LogP contribution in [0.4, 0.5) is 15.9 Å². The summed E-state index contributed by atoms with van der Waals surface area (Å²) in [4.78, 5) is 6.72. The van der Waals surface area contributed by atoms with Crippen molar-refractivity contribution in [1.82, 2.24) is 4.98 Å². The predicted molar refractivity (Wildman–Crippen MR) is 143 cm³/mol. The first kappa shape index (κ1) is 25.3. The van der Waals surface area contributed by atoms with Gasteiger partial charge in [0.15, 0.2) is 11.6 Å². The van der Waals surface area contributed by atoms with Crippen molar-refractivity contribution in [1.29, 1.82) is 5.41 Å². The summed E-state index contributed by atoms with van der Waals surface area (Å²) < 4.78 is 27.1. The average Bonchev–Trinajstić information content (AvgIpc) is 2.84. The van der Waals surface area contributed by atoms with Gasteiger partial charge in [0.1, 0.15) is 17.4 Å². The summed E-state index contributed by atoms with van der Waals surface area (Å²) in [5.74, 6) is 0.800. The molecule has 186 valence electrons. The van der Waals surface area contributed by atoms with Gasteiger partial charge in [-0.2, -0.15) is 0 Å². The molecular formula is C28H28ClFN4O2. The van der Waals surface area contributed by atoms with E-state index in [4.69, 9.17) is 37.2 Å². The first-order chi connectivity index (χ1) is 17.2. The number of amidine groups is 1. The molecule has 0 saturated carbocycles. The Hall–Kier alpha value is -3.84. The van der Waals surface area contributed by atoms with Gasteiger partial charge in [-0.15, -0.1) is 0 Å². The minimum absolute atomic E-state index is 0.0280. The molecule has 0 aliphatic rings. The summed E-state index contributed by atoms with van der Waals surface area (Å²) in [6.45, 7) is 6.17. The number of aromatic nitrogens is 1. The summed E-state index contributed by atoms with van der Waals surface area (Å²) >= 11 is 6.14. The summed E-state index contributed by atoms with van der Waals surface area (Å²) in [7, 11) is 0. The fraction of sp³-hybridized carbons (Fsp3) is 0.214. The Morgan fingerprint density at radius 1 is 1.08 bits per heavy atom. The number of nitrogen functional groups attached to an aromatic ring is 1. The molecule has 0 bridgehead atoms. The summed E-state index contributed by atoms with van der Waals surface area (Å²) in [5, 5.41) is 9.22. The first-order valence-electron chi connectivity index (χ1n) is 11.7. The van der Waals surface area contributed by atoms with Gasteiger partial charge >= 0.3 is 0 Å². The lowest BCUT2D eigenvalue weighted by Gasteiger charge is -2.26. The third-order valence-electron chi connectivity index (χ3n) is 5.49. The lowest BCUT2D eigenvalue weighted by molar-refractivity contribution is 0.228. The van der Waals surface area contributed by atoms with Gasteiger partial charge in [0.05, 0.1) is 24.8 Å². The lowest BCUT2D eigenvalue weighted by atomic mass is 10.1. The highest BCUT2D eigenvalue weighted by Crippen LogP contribution is 2.34. The molecule has 0 aliphatic heterocycles. The molecule has 0 spiro atoms. The normalized spacial score (nSPS) is 11.1. The summed E-state index contributed by atoms with van der Waals surface area (Å²) in [6.07, 6.45) is -0.201. The quantitative estimate of drug-likeness (QED) is 0.192. The van der Waals surface area contributed by atoms with Crippen molar-refractivity contribution in [3.8, 4) is 11.5 Å². The first-order valence-corrected chi connectivity index (χ1v) is 12.0. The van der Waals surface area contributed by atoms with Crippen LogP contribution in [0.3, 0.4) is 0 Å². The number of fused-ring (bicyclic) bond motifs is 1. The van der Waals surface area contributed by atoms with Crippen LogP contribution in [0.15, 0.2) is 66.7 Å². The third-order valence-corrected chi connectivity index (χ3v) is 5.73. The molecule has 3 aromatic carbocycles. The van der Waals surface area contributed by atoms with E-state index in [-0.39, 0.29) is 24.2 Å². The van der Waals surface area contributed by atoms with Crippen LogP contribution in [0.1, 0.15) is 31.9 Å². The highest BCUT2D eigenvalue weighted by Gasteiger charge is 2.20. The van der Waals surface area contributed by atoms with E-state index in [0.29, 0.717) is 34.3 Å². The number of halogens is 2. The van der Waals surface area contributed by atoms with E-state index >= 15 is 4.39 Å². The number of nitrogens with one attached hydrogen (secondary N) is 1.